The lowest BCUT2D eigenvalue weighted by molar-refractivity contribution is -0.384. The predicted molar refractivity (Wildman–Crippen MR) is 81.0 cm³/mol. The Hall–Kier alpha value is -2.36. The number of nitro groups is 1. The van der Waals surface area contributed by atoms with Crippen LogP contribution in [0.1, 0.15) is 23.6 Å². The van der Waals surface area contributed by atoms with E-state index in [9.17, 15) is 10.1 Å². The number of anilines is 1. The quantitative estimate of drug-likeness (QED) is 0.658. The normalized spacial score (nSPS) is 10.3. The van der Waals surface area contributed by atoms with Crippen LogP contribution in [-0.2, 0) is 13.0 Å². The zero-order valence-corrected chi connectivity index (χ0v) is 11.7. The van der Waals surface area contributed by atoms with E-state index in [0.717, 1.165) is 6.42 Å². The van der Waals surface area contributed by atoms with E-state index in [1.54, 1.807) is 19.1 Å². The smallest absolute Gasteiger partial charge is 0.295 e. The van der Waals surface area contributed by atoms with Crippen molar-refractivity contribution in [1.29, 1.82) is 0 Å². The van der Waals surface area contributed by atoms with Gasteiger partial charge in [0, 0.05) is 12.1 Å². The van der Waals surface area contributed by atoms with Crippen molar-refractivity contribution in [2.45, 2.75) is 26.8 Å². The molecule has 2 rings (SSSR count). The molecule has 0 aliphatic carbocycles. The standard InChI is InChI=1S/C16H18N2O2/c1-3-13-8-4-5-9-14(13)11-17-15-10-6-7-12(2)16(15)18(19)20/h4-10,17H,3,11H2,1-2H3. The number of nitrogens with one attached hydrogen (secondary N) is 1. The highest BCUT2D eigenvalue weighted by Gasteiger charge is 2.16. The lowest BCUT2D eigenvalue weighted by atomic mass is 10.1. The Labute approximate surface area is 118 Å². The number of benzene rings is 2. The van der Waals surface area contributed by atoms with Crippen LogP contribution in [0.5, 0.6) is 0 Å². The van der Waals surface area contributed by atoms with E-state index in [2.05, 4.69) is 18.3 Å². The fourth-order valence-electron chi connectivity index (χ4n) is 2.31. The molecule has 0 spiro atoms. The van der Waals surface area contributed by atoms with Gasteiger partial charge in [0.1, 0.15) is 5.69 Å². The van der Waals surface area contributed by atoms with Crippen LogP contribution in [0, 0.1) is 17.0 Å². The number of rotatable bonds is 5. The monoisotopic (exact) mass is 270 g/mol. The van der Waals surface area contributed by atoms with Gasteiger partial charge in [-0.25, -0.2) is 0 Å². The van der Waals surface area contributed by atoms with Crippen LogP contribution in [0.25, 0.3) is 0 Å². The summed E-state index contributed by atoms with van der Waals surface area (Å²) >= 11 is 0. The molecule has 1 N–H and O–H groups in total. The van der Waals surface area contributed by atoms with Gasteiger partial charge in [-0.3, -0.25) is 10.1 Å². The van der Waals surface area contributed by atoms with Crippen molar-refractivity contribution in [3.63, 3.8) is 0 Å². The average Bonchev–Trinajstić information content (AvgIpc) is 2.45. The summed E-state index contributed by atoms with van der Waals surface area (Å²) in [6, 6.07) is 13.5. The second kappa shape index (κ2) is 6.19. The summed E-state index contributed by atoms with van der Waals surface area (Å²) in [5.74, 6) is 0. The molecule has 0 aliphatic rings. The number of aryl methyl sites for hydroxylation is 2. The fourth-order valence-corrected chi connectivity index (χ4v) is 2.31. The first-order valence-corrected chi connectivity index (χ1v) is 6.68. The van der Waals surface area contributed by atoms with Crippen molar-refractivity contribution >= 4 is 11.4 Å². The van der Waals surface area contributed by atoms with Gasteiger partial charge in [0.15, 0.2) is 0 Å². The van der Waals surface area contributed by atoms with Gasteiger partial charge in [0.25, 0.3) is 5.69 Å². The molecular weight excluding hydrogens is 252 g/mol. The maximum Gasteiger partial charge on any atom is 0.295 e. The van der Waals surface area contributed by atoms with Crippen LogP contribution in [0.2, 0.25) is 0 Å². The Bertz CT molecular complexity index is 624. The first kappa shape index (κ1) is 14.1. The van der Waals surface area contributed by atoms with Gasteiger partial charge in [-0.15, -0.1) is 0 Å². The van der Waals surface area contributed by atoms with Crippen LogP contribution < -0.4 is 5.32 Å². The van der Waals surface area contributed by atoms with E-state index < -0.39 is 0 Å². The third-order valence-corrected chi connectivity index (χ3v) is 3.39. The first-order valence-electron chi connectivity index (χ1n) is 6.68. The molecule has 0 unspecified atom stereocenters. The number of hydrogen-bond acceptors (Lipinski definition) is 3. The van der Waals surface area contributed by atoms with Crippen molar-refractivity contribution in [2.75, 3.05) is 5.32 Å². The number of nitro benzene ring substituents is 1. The van der Waals surface area contributed by atoms with E-state index in [4.69, 9.17) is 0 Å². The second-order valence-electron chi connectivity index (χ2n) is 4.70. The summed E-state index contributed by atoms with van der Waals surface area (Å²) in [4.78, 5) is 10.8. The Balaban J connectivity index is 2.23. The highest BCUT2D eigenvalue weighted by Crippen LogP contribution is 2.28. The van der Waals surface area contributed by atoms with Gasteiger partial charge in [-0.05, 0) is 30.5 Å². The summed E-state index contributed by atoms with van der Waals surface area (Å²) in [5, 5.41) is 14.3. The zero-order valence-electron chi connectivity index (χ0n) is 11.7. The van der Waals surface area contributed by atoms with Crippen LogP contribution in [0.4, 0.5) is 11.4 Å². The van der Waals surface area contributed by atoms with Gasteiger partial charge < -0.3 is 5.32 Å². The van der Waals surface area contributed by atoms with Crippen LogP contribution in [0.15, 0.2) is 42.5 Å². The molecule has 0 saturated carbocycles. The van der Waals surface area contributed by atoms with Gasteiger partial charge in [0.2, 0.25) is 0 Å². The Morgan fingerprint density at radius 3 is 2.45 bits per heavy atom. The molecule has 0 bridgehead atoms. The minimum atomic E-state index is -0.330. The predicted octanol–water partition coefficient (Wildman–Crippen LogP) is 4.08. The molecule has 4 heteroatoms. The molecule has 2 aromatic carbocycles. The summed E-state index contributed by atoms with van der Waals surface area (Å²) in [6.45, 7) is 4.45. The maximum atomic E-state index is 11.1. The highest BCUT2D eigenvalue weighted by atomic mass is 16.6. The number of hydrogen-bond donors (Lipinski definition) is 1. The molecule has 104 valence electrons. The molecule has 0 aromatic heterocycles. The number of para-hydroxylation sites is 1. The lowest BCUT2D eigenvalue weighted by Gasteiger charge is -2.11. The summed E-state index contributed by atoms with van der Waals surface area (Å²) < 4.78 is 0. The molecule has 0 aliphatic heterocycles. The van der Waals surface area contributed by atoms with Gasteiger partial charge in [-0.1, -0.05) is 43.3 Å². The van der Waals surface area contributed by atoms with Crippen molar-refractivity contribution < 1.29 is 4.92 Å². The SMILES string of the molecule is CCc1ccccc1CNc1cccc(C)c1[N+](=O)[O-]. The first-order chi connectivity index (χ1) is 9.63. The Morgan fingerprint density at radius 1 is 1.10 bits per heavy atom. The molecule has 0 radical (unpaired) electrons. The molecule has 0 atom stereocenters. The molecule has 4 nitrogen and oxygen atoms in total. The number of nitrogens with zero attached hydrogens (tertiary/aromatic N) is 1. The van der Waals surface area contributed by atoms with E-state index in [0.29, 0.717) is 17.8 Å². The van der Waals surface area contributed by atoms with Gasteiger partial charge in [0.05, 0.1) is 4.92 Å². The fraction of sp³-hybridized carbons (Fsp3) is 0.250. The van der Waals surface area contributed by atoms with Crippen LogP contribution in [0.3, 0.4) is 0 Å². The minimum Gasteiger partial charge on any atom is -0.375 e. The molecule has 0 amide bonds. The largest absolute Gasteiger partial charge is 0.375 e. The van der Waals surface area contributed by atoms with E-state index in [1.807, 2.05) is 24.3 Å². The summed E-state index contributed by atoms with van der Waals surface area (Å²) in [6.07, 6.45) is 0.952. The van der Waals surface area contributed by atoms with Crippen LogP contribution >= 0.6 is 0 Å². The van der Waals surface area contributed by atoms with E-state index in [-0.39, 0.29) is 10.6 Å². The lowest BCUT2D eigenvalue weighted by Crippen LogP contribution is -2.05. The van der Waals surface area contributed by atoms with Crippen molar-refractivity contribution in [3.05, 3.63) is 69.3 Å². The zero-order chi connectivity index (χ0) is 14.5. The van der Waals surface area contributed by atoms with E-state index >= 15 is 0 Å². The van der Waals surface area contributed by atoms with Crippen LogP contribution in [-0.4, -0.2) is 4.92 Å². The van der Waals surface area contributed by atoms with Crippen molar-refractivity contribution in [3.8, 4) is 0 Å². The topological polar surface area (TPSA) is 55.2 Å². The highest BCUT2D eigenvalue weighted by molar-refractivity contribution is 5.65. The molecular formula is C16H18N2O2. The second-order valence-corrected chi connectivity index (χ2v) is 4.70. The van der Waals surface area contributed by atoms with Crippen molar-refractivity contribution in [1.82, 2.24) is 0 Å². The Morgan fingerprint density at radius 2 is 1.80 bits per heavy atom. The minimum absolute atomic E-state index is 0.154. The van der Waals surface area contributed by atoms with Gasteiger partial charge in [-0.2, -0.15) is 0 Å². The maximum absolute atomic E-state index is 11.1. The molecule has 2 aromatic rings. The Kier molecular flexibility index (Phi) is 4.35. The summed E-state index contributed by atoms with van der Waals surface area (Å²) in [5.41, 5.74) is 3.83. The molecule has 0 heterocycles. The van der Waals surface area contributed by atoms with Gasteiger partial charge >= 0.3 is 0 Å². The average molecular weight is 270 g/mol. The third-order valence-electron chi connectivity index (χ3n) is 3.39. The van der Waals surface area contributed by atoms with Crippen molar-refractivity contribution in [2.24, 2.45) is 0 Å². The molecule has 0 saturated heterocycles. The van der Waals surface area contributed by atoms with E-state index in [1.165, 1.54) is 11.1 Å². The summed E-state index contributed by atoms with van der Waals surface area (Å²) in [7, 11) is 0. The molecule has 20 heavy (non-hydrogen) atoms. The third kappa shape index (κ3) is 2.96. The molecule has 0 fully saturated rings.